The minimum Gasteiger partial charge on any atom is -0.122 e. The zero-order valence-corrected chi connectivity index (χ0v) is 14.3. The van der Waals surface area contributed by atoms with Gasteiger partial charge in [-0.3, -0.25) is 0 Å². The third-order valence-electron chi connectivity index (χ3n) is 5.32. The second-order valence-corrected chi connectivity index (χ2v) is 8.14. The summed E-state index contributed by atoms with van der Waals surface area (Å²) in [5, 5.41) is 0.817. The highest BCUT2D eigenvalue weighted by Gasteiger charge is 2.35. The van der Waals surface area contributed by atoms with E-state index in [-0.39, 0.29) is 0 Å². The Morgan fingerprint density at radius 2 is 1.52 bits per heavy atom. The lowest BCUT2D eigenvalue weighted by atomic mass is 9.76. The minimum atomic E-state index is 0.694. The van der Waals surface area contributed by atoms with E-state index < -0.39 is 0 Å². The first kappa shape index (κ1) is 15.1. The van der Waals surface area contributed by atoms with Crippen LogP contribution in [-0.2, 0) is 6.42 Å². The average Bonchev–Trinajstić information content (AvgIpc) is 2.63. The molecule has 3 atom stereocenters. The van der Waals surface area contributed by atoms with E-state index in [2.05, 4.69) is 78.5 Å². The molecule has 0 saturated heterocycles. The Kier molecular flexibility index (Phi) is 4.57. The Bertz CT molecular complexity index is 659. The van der Waals surface area contributed by atoms with E-state index in [1.165, 1.54) is 48.1 Å². The predicted molar refractivity (Wildman–Crippen MR) is 101 cm³/mol. The van der Waals surface area contributed by atoms with Crippen molar-refractivity contribution in [2.45, 2.75) is 37.4 Å². The maximum Gasteiger partial charge on any atom is 0.0128 e. The Morgan fingerprint density at radius 1 is 0.826 bits per heavy atom. The van der Waals surface area contributed by atoms with E-state index in [4.69, 9.17) is 0 Å². The van der Waals surface area contributed by atoms with Gasteiger partial charge in [-0.05, 0) is 42.2 Å². The molecule has 4 rings (SSSR count). The van der Waals surface area contributed by atoms with Crippen molar-refractivity contribution in [3.05, 3.63) is 77.9 Å². The van der Waals surface area contributed by atoms with Gasteiger partial charge in [0, 0.05) is 10.2 Å². The van der Waals surface area contributed by atoms with Crippen LogP contribution in [0.15, 0.2) is 66.7 Å². The molecule has 0 nitrogen and oxygen atoms in total. The molecule has 0 radical (unpaired) electrons. The zero-order chi connectivity index (χ0) is 15.5. The second kappa shape index (κ2) is 6.97. The van der Waals surface area contributed by atoms with Crippen molar-refractivity contribution in [3.8, 4) is 0 Å². The molecule has 2 aromatic rings. The number of fused-ring (bicyclic) bond motifs is 1. The Labute approximate surface area is 144 Å². The van der Waals surface area contributed by atoms with Gasteiger partial charge in [-0.1, -0.05) is 79.6 Å². The predicted octanol–water partition coefficient (Wildman–Crippen LogP) is 6.19. The van der Waals surface area contributed by atoms with Gasteiger partial charge >= 0.3 is 0 Å². The molecular weight excluding hydrogens is 296 g/mol. The second-order valence-electron chi connectivity index (χ2n) is 6.86. The summed E-state index contributed by atoms with van der Waals surface area (Å²) < 4.78 is 0. The van der Waals surface area contributed by atoms with Crippen LogP contribution in [0.25, 0.3) is 4.91 Å². The molecule has 1 heterocycles. The van der Waals surface area contributed by atoms with E-state index >= 15 is 0 Å². The molecule has 0 N–H and O–H groups in total. The number of hydrogen-bond donors (Lipinski definition) is 0. The average molecular weight is 321 g/mol. The van der Waals surface area contributed by atoms with Crippen molar-refractivity contribution in [1.82, 2.24) is 0 Å². The van der Waals surface area contributed by atoms with Crippen LogP contribution in [0, 0.1) is 11.8 Å². The molecule has 1 saturated carbocycles. The van der Waals surface area contributed by atoms with Gasteiger partial charge in [0.05, 0.1) is 0 Å². The van der Waals surface area contributed by atoms with E-state index in [1.807, 2.05) is 0 Å². The molecule has 1 heteroatoms. The standard InChI is InChI=1S/C22H24S/c1-3-9-17(10-4-1)15-19-16-22(18-11-5-2-6-12-18)23-21-14-8-7-13-20(19)21/h1-6,9-12,16,19-21H,7-8,13-15H2/t19-,20+,21-/m0/s1. The maximum atomic E-state index is 2.58. The summed E-state index contributed by atoms with van der Waals surface area (Å²) in [6.45, 7) is 0. The molecule has 1 fully saturated rings. The number of thioether (sulfide) groups is 1. The lowest BCUT2D eigenvalue weighted by Gasteiger charge is -2.40. The number of benzene rings is 2. The fourth-order valence-corrected chi connectivity index (χ4v) is 5.79. The van der Waals surface area contributed by atoms with Crippen LogP contribution in [0.2, 0.25) is 0 Å². The van der Waals surface area contributed by atoms with Crippen molar-refractivity contribution in [2.24, 2.45) is 11.8 Å². The van der Waals surface area contributed by atoms with Gasteiger partial charge in [-0.25, -0.2) is 0 Å². The van der Waals surface area contributed by atoms with E-state index in [0.717, 1.165) is 11.2 Å². The van der Waals surface area contributed by atoms with E-state index in [9.17, 15) is 0 Å². The van der Waals surface area contributed by atoms with E-state index in [1.54, 1.807) is 0 Å². The molecule has 0 bridgehead atoms. The summed E-state index contributed by atoms with van der Waals surface area (Å²) in [6.07, 6.45) is 9.41. The van der Waals surface area contributed by atoms with Crippen LogP contribution in [-0.4, -0.2) is 5.25 Å². The summed E-state index contributed by atoms with van der Waals surface area (Å²) in [7, 11) is 0. The summed E-state index contributed by atoms with van der Waals surface area (Å²) in [5.74, 6) is 1.56. The molecule has 118 valence electrons. The molecule has 23 heavy (non-hydrogen) atoms. The first-order valence-electron chi connectivity index (χ1n) is 8.88. The number of rotatable bonds is 3. The third kappa shape index (κ3) is 3.40. The fraction of sp³-hybridized carbons (Fsp3) is 0.364. The molecule has 2 aromatic carbocycles. The lowest BCUT2D eigenvalue weighted by Crippen LogP contribution is -2.32. The highest BCUT2D eigenvalue weighted by atomic mass is 32.2. The van der Waals surface area contributed by atoms with Crippen molar-refractivity contribution in [2.75, 3.05) is 0 Å². The van der Waals surface area contributed by atoms with Crippen LogP contribution >= 0.6 is 11.8 Å². The normalized spacial score (nSPS) is 27.1. The van der Waals surface area contributed by atoms with Crippen LogP contribution in [0.4, 0.5) is 0 Å². The first-order chi connectivity index (χ1) is 11.4. The molecular formula is C22H24S. The van der Waals surface area contributed by atoms with Crippen molar-refractivity contribution < 1.29 is 0 Å². The van der Waals surface area contributed by atoms with Gasteiger partial charge in [-0.2, -0.15) is 0 Å². The van der Waals surface area contributed by atoms with Gasteiger partial charge in [0.2, 0.25) is 0 Å². The van der Waals surface area contributed by atoms with Gasteiger partial charge in [0.1, 0.15) is 0 Å². The highest BCUT2D eigenvalue weighted by Crippen LogP contribution is 2.49. The van der Waals surface area contributed by atoms with Gasteiger partial charge in [-0.15, -0.1) is 11.8 Å². The molecule has 0 amide bonds. The maximum absolute atomic E-state index is 2.58. The molecule has 0 aromatic heterocycles. The smallest absolute Gasteiger partial charge is 0.0128 e. The largest absolute Gasteiger partial charge is 0.122 e. The van der Waals surface area contributed by atoms with Gasteiger partial charge < -0.3 is 0 Å². The molecule has 0 spiro atoms. The van der Waals surface area contributed by atoms with Crippen LogP contribution < -0.4 is 0 Å². The first-order valence-corrected chi connectivity index (χ1v) is 9.76. The van der Waals surface area contributed by atoms with Gasteiger partial charge in [0.15, 0.2) is 0 Å². The summed E-state index contributed by atoms with van der Waals surface area (Å²) in [4.78, 5) is 1.51. The number of allylic oxidation sites excluding steroid dienone is 1. The summed E-state index contributed by atoms with van der Waals surface area (Å²) in [5.41, 5.74) is 2.89. The van der Waals surface area contributed by atoms with Crippen LogP contribution in [0.5, 0.6) is 0 Å². The third-order valence-corrected chi connectivity index (χ3v) is 6.83. The topological polar surface area (TPSA) is 0 Å². The highest BCUT2D eigenvalue weighted by molar-refractivity contribution is 8.08. The van der Waals surface area contributed by atoms with Crippen molar-refractivity contribution in [1.29, 1.82) is 0 Å². The molecule has 1 aliphatic heterocycles. The van der Waals surface area contributed by atoms with Gasteiger partial charge in [0.25, 0.3) is 0 Å². The summed E-state index contributed by atoms with van der Waals surface area (Å²) in [6, 6.07) is 22.0. The molecule has 1 aliphatic carbocycles. The minimum absolute atomic E-state index is 0.694. The molecule has 0 unspecified atom stereocenters. The van der Waals surface area contributed by atoms with Crippen molar-refractivity contribution in [3.63, 3.8) is 0 Å². The molecule has 2 aliphatic rings. The van der Waals surface area contributed by atoms with Crippen molar-refractivity contribution >= 4 is 16.7 Å². The lowest BCUT2D eigenvalue weighted by molar-refractivity contribution is 0.293. The van der Waals surface area contributed by atoms with E-state index in [0.29, 0.717) is 5.92 Å². The quantitative estimate of drug-likeness (QED) is 0.649. The zero-order valence-electron chi connectivity index (χ0n) is 13.5. The summed E-state index contributed by atoms with van der Waals surface area (Å²) >= 11 is 2.14. The monoisotopic (exact) mass is 320 g/mol. The number of hydrogen-bond acceptors (Lipinski definition) is 1. The SMILES string of the molecule is C1=C(c2ccccc2)S[C@H]2CCCC[C@@H]2[C@H]1Cc1ccccc1. The Morgan fingerprint density at radius 3 is 2.30 bits per heavy atom. The van der Waals surface area contributed by atoms with Crippen LogP contribution in [0.3, 0.4) is 0 Å². The fourth-order valence-electron chi connectivity index (χ4n) is 4.15. The Hall–Kier alpha value is -1.47. The van der Waals surface area contributed by atoms with Crippen LogP contribution in [0.1, 0.15) is 36.8 Å². The Balaban J connectivity index is 1.65.